The fourth-order valence-electron chi connectivity index (χ4n) is 3.98. The van der Waals surface area contributed by atoms with Crippen LogP contribution in [0.4, 0.5) is 0 Å². The van der Waals surface area contributed by atoms with Gasteiger partial charge in [-0.2, -0.15) is 4.31 Å². The lowest BCUT2D eigenvalue weighted by Gasteiger charge is -2.46. The van der Waals surface area contributed by atoms with Crippen molar-refractivity contribution in [1.82, 2.24) is 9.21 Å². The van der Waals surface area contributed by atoms with Gasteiger partial charge in [0, 0.05) is 32.2 Å². The van der Waals surface area contributed by atoms with Gasteiger partial charge in [0.25, 0.3) is 0 Å². The van der Waals surface area contributed by atoms with Crippen molar-refractivity contribution >= 4 is 10.0 Å². The molecule has 0 N–H and O–H groups in total. The van der Waals surface area contributed by atoms with Crippen LogP contribution in [0, 0.1) is 12.8 Å². The minimum absolute atomic E-state index is 0.181. The second kappa shape index (κ2) is 6.41. The van der Waals surface area contributed by atoms with Gasteiger partial charge in [-0.25, -0.2) is 8.42 Å². The standard InChI is InChI=1S/C18H26N2O3S/c1-14-4-2-3-5-18(14)24(21,22)20-9-8-17-16(13-20)19(10-11-23-17)12-15-6-7-15/h2-5,15-17H,6-13H2,1H3/t16-,17-/m0/s1. The number of benzene rings is 1. The van der Waals surface area contributed by atoms with Gasteiger partial charge in [-0.05, 0) is 43.7 Å². The van der Waals surface area contributed by atoms with Gasteiger partial charge in [-0.1, -0.05) is 18.2 Å². The molecule has 1 aromatic carbocycles. The molecule has 2 heterocycles. The molecule has 0 unspecified atom stereocenters. The van der Waals surface area contributed by atoms with Crippen molar-refractivity contribution in [3.8, 4) is 0 Å². The van der Waals surface area contributed by atoms with Crippen LogP contribution in [0.25, 0.3) is 0 Å². The van der Waals surface area contributed by atoms with E-state index in [2.05, 4.69) is 4.90 Å². The topological polar surface area (TPSA) is 49.9 Å². The Morgan fingerprint density at radius 1 is 1.17 bits per heavy atom. The molecular weight excluding hydrogens is 324 g/mol. The maximum Gasteiger partial charge on any atom is 0.243 e. The first-order valence-electron chi connectivity index (χ1n) is 8.97. The van der Waals surface area contributed by atoms with E-state index in [9.17, 15) is 8.42 Å². The highest BCUT2D eigenvalue weighted by atomic mass is 32.2. The van der Waals surface area contributed by atoms with Gasteiger partial charge in [0.05, 0.1) is 17.6 Å². The molecule has 2 atom stereocenters. The van der Waals surface area contributed by atoms with Crippen LogP contribution in [0.2, 0.25) is 0 Å². The summed E-state index contributed by atoms with van der Waals surface area (Å²) in [6, 6.07) is 7.47. The molecule has 1 aliphatic carbocycles. The lowest BCUT2D eigenvalue weighted by molar-refractivity contribution is -0.0940. The number of fused-ring (bicyclic) bond motifs is 1. The lowest BCUT2D eigenvalue weighted by atomic mass is 10.00. The van der Waals surface area contributed by atoms with Crippen molar-refractivity contribution in [2.45, 2.75) is 43.2 Å². The first kappa shape index (κ1) is 16.5. The molecule has 0 bridgehead atoms. The zero-order valence-electron chi connectivity index (χ0n) is 14.2. The molecule has 3 fully saturated rings. The summed E-state index contributed by atoms with van der Waals surface area (Å²) in [7, 11) is -3.43. The van der Waals surface area contributed by atoms with Crippen LogP contribution in [0.15, 0.2) is 29.2 Å². The SMILES string of the molecule is Cc1ccccc1S(=O)(=O)N1CC[C@@H]2OCCN(CC3CC3)[C@H]2C1. The minimum Gasteiger partial charge on any atom is -0.375 e. The van der Waals surface area contributed by atoms with Crippen LogP contribution in [0.3, 0.4) is 0 Å². The largest absolute Gasteiger partial charge is 0.375 e. The van der Waals surface area contributed by atoms with E-state index < -0.39 is 10.0 Å². The van der Waals surface area contributed by atoms with E-state index in [-0.39, 0.29) is 12.1 Å². The predicted molar refractivity (Wildman–Crippen MR) is 92.4 cm³/mol. The van der Waals surface area contributed by atoms with Crippen LogP contribution in [-0.4, -0.2) is 62.6 Å². The molecule has 132 valence electrons. The van der Waals surface area contributed by atoms with Gasteiger partial charge < -0.3 is 4.74 Å². The van der Waals surface area contributed by atoms with Crippen molar-refractivity contribution in [3.63, 3.8) is 0 Å². The molecule has 2 saturated heterocycles. The minimum atomic E-state index is -3.43. The summed E-state index contributed by atoms with van der Waals surface area (Å²) >= 11 is 0. The molecule has 3 aliphatic rings. The smallest absolute Gasteiger partial charge is 0.243 e. The molecule has 24 heavy (non-hydrogen) atoms. The van der Waals surface area contributed by atoms with E-state index in [1.54, 1.807) is 16.4 Å². The van der Waals surface area contributed by atoms with Crippen molar-refractivity contribution in [2.75, 3.05) is 32.8 Å². The summed E-state index contributed by atoms with van der Waals surface area (Å²) in [6.45, 7) is 5.77. The van der Waals surface area contributed by atoms with Gasteiger partial charge >= 0.3 is 0 Å². The van der Waals surface area contributed by atoms with E-state index >= 15 is 0 Å². The molecule has 0 amide bonds. The fraction of sp³-hybridized carbons (Fsp3) is 0.667. The molecule has 4 rings (SSSR count). The molecule has 0 spiro atoms. The third-order valence-corrected chi connectivity index (χ3v) is 7.59. The molecule has 0 radical (unpaired) electrons. The number of aryl methyl sites for hydroxylation is 1. The number of nitrogens with zero attached hydrogens (tertiary/aromatic N) is 2. The second-order valence-electron chi connectivity index (χ2n) is 7.33. The Hall–Kier alpha value is -0.950. The third-order valence-electron chi connectivity index (χ3n) is 5.56. The summed E-state index contributed by atoms with van der Waals surface area (Å²) in [5.41, 5.74) is 0.814. The number of piperidine rings is 1. The third kappa shape index (κ3) is 3.12. The van der Waals surface area contributed by atoms with Crippen LogP contribution in [0.1, 0.15) is 24.8 Å². The van der Waals surface area contributed by atoms with Crippen molar-refractivity contribution in [1.29, 1.82) is 0 Å². The quantitative estimate of drug-likeness (QED) is 0.832. The number of morpholine rings is 1. The van der Waals surface area contributed by atoms with Crippen LogP contribution < -0.4 is 0 Å². The normalized spacial score (nSPS) is 29.4. The maximum absolute atomic E-state index is 13.1. The molecule has 1 aromatic rings. The van der Waals surface area contributed by atoms with Gasteiger partial charge in [0.2, 0.25) is 10.0 Å². The van der Waals surface area contributed by atoms with E-state index in [0.29, 0.717) is 18.0 Å². The average Bonchev–Trinajstić information content (AvgIpc) is 3.39. The predicted octanol–water partition coefficient (Wildman–Crippen LogP) is 1.87. The van der Waals surface area contributed by atoms with Gasteiger partial charge in [0.1, 0.15) is 0 Å². The van der Waals surface area contributed by atoms with Crippen molar-refractivity contribution < 1.29 is 13.2 Å². The van der Waals surface area contributed by atoms with Crippen LogP contribution in [0.5, 0.6) is 0 Å². The maximum atomic E-state index is 13.1. The number of ether oxygens (including phenoxy) is 1. The summed E-state index contributed by atoms with van der Waals surface area (Å²) in [4.78, 5) is 2.92. The Labute approximate surface area is 144 Å². The Bertz CT molecular complexity index is 702. The molecule has 1 saturated carbocycles. The van der Waals surface area contributed by atoms with E-state index in [0.717, 1.165) is 37.6 Å². The summed E-state index contributed by atoms with van der Waals surface area (Å²) in [6.07, 6.45) is 3.61. The highest BCUT2D eigenvalue weighted by Crippen LogP contribution is 2.34. The Balaban J connectivity index is 1.55. The number of hydrogen-bond acceptors (Lipinski definition) is 4. The van der Waals surface area contributed by atoms with E-state index in [4.69, 9.17) is 4.74 Å². The Morgan fingerprint density at radius 3 is 2.71 bits per heavy atom. The first-order chi connectivity index (χ1) is 11.6. The number of rotatable bonds is 4. The van der Waals surface area contributed by atoms with E-state index in [1.165, 1.54) is 12.8 Å². The van der Waals surface area contributed by atoms with Crippen LogP contribution in [-0.2, 0) is 14.8 Å². The summed E-state index contributed by atoms with van der Waals surface area (Å²) in [5.74, 6) is 0.812. The summed E-state index contributed by atoms with van der Waals surface area (Å²) in [5, 5.41) is 0. The second-order valence-corrected chi connectivity index (χ2v) is 9.24. The van der Waals surface area contributed by atoms with Gasteiger partial charge in [-0.15, -0.1) is 0 Å². The lowest BCUT2D eigenvalue weighted by Crippen LogP contribution is -2.61. The highest BCUT2D eigenvalue weighted by molar-refractivity contribution is 7.89. The first-order valence-corrected chi connectivity index (χ1v) is 10.4. The molecule has 6 heteroatoms. The Morgan fingerprint density at radius 2 is 1.96 bits per heavy atom. The molecule has 5 nitrogen and oxygen atoms in total. The molecule has 2 aliphatic heterocycles. The monoisotopic (exact) mass is 350 g/mol. The summed E-state index contributed by atoms with van der Waals surface area (Å²) < 4.78 is 33.8. The fourth-order valence-corrected chi connectivity index (χ4v) is 5.67. The average molecular weight is 350 g/mol. The van der Waals surface area contributed by atoms with Crippen molar-refractivity contribution in [3.05, 3.63) is 29.8 Å². The zero-order chi connectivity index (χ0) is 16.7. The van der Waals surface area contributed by atoms with Crippen molar-refractivity contribution in [2.24, 2.45) is 5.92 Å². The zero-order valence-corrected chi connectivity index (χ0v) is 15.0. The van der Waals surface area contributed by atoms with Gasteiger partial charge in [0.15, 0.2) is 0 Å². The van der Waals surface area contributed by atoms with Gasteiger partial charge in [-0.3, -0.25) is 4.90 Å². The van der Waals surface area contributed by atoms with Crippen LogP contribution >= 0.6 is 0 Å². The molecular formula is C18H26N2O3S. The molecule has 0 aromatic heterocycles. The number of hydrogen-bond donors (Lipinski definition) is 0. The Kier molecular flexibility index (Phi) is 4.41. The highest BCUT2D eigenvalue weighted by Gasteiger charge is 2.42. The number of sulfonamides is 1. The van der Waals surface area contributed by atoms with E-state index in [1.807, 2.05) is 19.1 Å².